The molecule has 0 saturated heterocycles. The summed E-state index contributed by atoms with van der Waals surface area (Å²) in [4.78, 5) is 16.5. The number of nitrogens with zero attached hydrogens (tertiary/aromatic N) is 2. The van der Waals surface area contributed by atoms with Gasteiger partial charge in [-0.25, -0.2) is 9.78 Å². The van der Waals surface area contributed by atoms with Crippen LogP contribution >= 0.6 is 0 Å². The molecule has 1 aromatic heterocycles. The van der Waals surface area contributed by atoms with Gasteiger partial charge in [0.05, 0.1) is 6.61 Å². The lowest BCUT2D eigenvalue weighted by Gasteiger charge is -2.12. The van der Waals surface area contributed by atoms with E-state index in [0.29, 0.717) is 26.3 Å². The number of nitrogens with one attached hydrogen (secondary N) is 2. The van der Waals surface area contributed by atoms with Gasteiger partial charge in [-0.3, -0.25) is 0 Å². The molecule has 0 aliphatic rings. The van der Waals surface area contributed by atoms with Gasteiger partial charge in [-0.05, 0) is 36.1 Å². The maximum atomic E-state index is 12.2. The molecule has 3 rings (SSSR count). The average molecular weight is 393 g/mol. The number of hydrogen-bond donors (Lipinski definition) is 2. The molecule has 0 spiro atoms. The molecular weight excluding hydrogens is 364 g/mol. The summed E-state index contributed by atoms with van der Waals surface area (Å²) in [5, 5.41) is 5.86. The van der Waals surface area contributed by atoms with Crippen LogP contribution in [0.1, 0.15) is 35.0 Å². The van der Waals surface area contributed by atoms with E-state index in [1.165, 1.54) is 5.56 Å². The zero-order valence-electron chi connectivity index (χ0n) is 17.0. The number of carbonyl (C=O) groups is 1. The minimum absolute atomic E-state index is 0.188. The van der Waals surface area contributed by atoms with Crippen LogP contribution in [0.2, 0.25) is 0 Å². The van der Waals surface area contributed by atoms with Crippen LogP contribution in [0.15, 0.2) is 60.9 Å². The summed E-state index contributed by atoms with van der Waals surface area (Å²) in [5.74, 6) is 0.984. The van der Waals surface area contributed by atoms with Crippen LogP contribution in [0.25, 0.3) is 0 Å². The highest BCUT2D eigenvalue weighted by Gasteiger charge is 2.06. The predicted molar refractivity (Wildman–Crippen MR) is 113 cm³/mol. The molecule has 29 heavy (non-hydrogen) atoms. The second-order valence-corrected chi connectivity index (χ2v) is 6.86. The summed E-state index contributed by atoms with van der Waals surface area (Å²) in [6.45, 7) is 6.89. The third kappa shape index (κ3) is 6.19. The third-order valence-corrected chi connectivity index (χ3v) is 4.74. The van der Waals surface area contributed by atoms with E-state index in [1.54, 1.807) is 6.20 Å². The number of benzene rings is 2. The molecule has 2 amide bonds. The van der Waals surface area contributed by atoms with Gasteiger partial charge in [-0.1, -0.05) is 48.5 Å². The van der Waals surface area contributed by atoms with Crippen LogP contribution in [-0.2, 0) is 31.0 Å². The van der Waals surface area contributed by atoms with E-state index in [9.17, 15) is 4.79 Å². The van der Waals surface area contributed by atoms with Crippen molar-refractivity contribution in [2.24, 2.45) is 0 Å². The lowest BCUT2D eigenvalue weighted by atomic mass is 10.1. The summed E-state index contributed by atoms with van der Waals surface area (Å²) in [5.41, 5.74) is 4.40. The Balaban J connectivity index is 1.50. The zero-order valence-corrected chi connectivity index (χ0v) is 17.0. The zero-order chi connectivity index (χ0) is 20.5. The second kappa shape index (κ2) is 10.4. The Labute approximate surface area is 171 Å². The molecule has 6 nitrogen and oxygen atoms in total. The number of rotatable bonds is 9. The van der Waals surface area contributed by atoms with Gasteiger partial charge in [0.2, 0.25) is 0 Å². The van der Waals surface area contributed by atoms with E-state index in [4.69, 9.17) is 4.74 Å². The van der Waals surface area contributed by atoms with E-state index in [1.807, 2.05) is 56.4 Å². The first-order valence-electron chi connectivity index (χ1n) is 9.87. The van der Waals surface area contributed by atoms with Gasteiger partial charge in [-0.15, -0.1) is 0 Å². The number of aryl methyl sites for hydroxylation is 1. The normalized spacial score (nSPS) is 10.7. The first-order valence-corrected chi connectivity index (χ1v) is 9.87. The molecule has 0 atom stereocenters. The topological polar surface area (TPSA) is 68.2 Å². The fraction of sp³-hybridized carbons (Fsp3) is 0.304. The van der Waals surface area contributed by atoms with Crippen molar-refractivity contribution in [3.05, 3.63) is 89.0 Å². The summed E-state index contributed by atoms with van der Waals surface area (Å²) in [6, 6.07) is 16.0. The number of imidazole rings is 1. The Bertz CT molecular complexity index is 936. The van der Waals surface area contributed by atoms with Crippen LogP contribution in [-0.4, -0.2) is 22.2 Å². The van der Waals surface area contributed by atoms with Gasteiger partial charge >= 0.3 is 6.03 Å². The molecule has 1 heterocycles. The summed E-state index contributed by atoms with van der Waals surface area (Å²) in [6.07, 6.45) is 3.77. The number of urea groups is 1. The Hall–Kier alpha value is -3.12. The Kier molecular flexibility index (Phi) is 7.41. The minimum Gasteiger partial charge on any atom is -0.377 e. The highest BCUT2D eigenvalue weighted by Crippen LogP contribution is 2.11. The van der Waals surface area contributed by atoms with Gasteiger partial charge < -0.3 is 19.9 Å². The molecule has 0 bridgehead atoms. The van der Waals surface area contributed by atoms with Crippen LogP contribution in [0.5, 0.6) is 0 Å². The molecule has 6 heteroatoms. The third-order valence-electron chi connectivity index (χ3n) is 4.74. The SMILES string of the molecule is CCOCc1ccccc1CNC(=O)NCc1cccc(Cn2ccnc2C)c1. The van der Waals surface area contributed by atoms with Crippen molar-refractivity contribution in [1.29, 1.82) is 0 Å². The average Bonchev–Trinajstić information content (AvgIpc) is 3.14. The number of carbonyl (C=O) groups excluding carboxylic acids is 1. The molecule has 0 aliphatic heterocycles. The van der Waals surface area contributed by atoms with Crippen LogP contribution in [0.4, 0.5) is 4.79 Å². The number of ether oxygens (including phenoxy) is 1. The van der Waals surface area contributed by atoms with Gasteiger partial charge in [0.15, 0.2) is 0 Å². The van der Waals surface area contributed by atoms with Crippen molar-refractivity contribution >= 4 is 6.03 Å². The fourth-order valence-electron chi connectivity index (χ4n) is 3.11. The van der Waals surface area contributed by atoms with Crippen LogP contribution in [0.3, 0.4) is 0 Å². The molecular formula is C23H28N4O2. The van der Waals surface area contributed by atoms with Gasteiger partial charge in [0.25, 0.3) is 0 Å². The Morgan fingerprint density at radius 3 is 2.55 bits per heavy atom. The maximum absolute atomic E-state index is 12.2. The highest BCUT2D eigenvalue weighted by molar-refractivity contribution is 5.73. The number of amides is 2. The van der Waals surface area contributed by atoms with E-state index in [0.717, 1.165) is 29.1 Å². The molecule has 0 aliphatic carbocycles. The van der Waals surface area contributed by atoms with Crippen molar-refractivity contribution in [3.8, 4) is 0 Å². The molecule has 0 saturated carbocycles. The standard InChI is InChI=1S/C23H28N4O2/c1-3-29-17-22-10-5-4-9-21(22)15-26-23(28)25-14-19-7-6-8-20(13-19)16-27-12-11-24-18(27)2/h4-13H,3,14-17H2,1-2H3,(H2,25,26,28). The van der Waals surface area contributed by atoms with Crippen molar-refractivity contribution in [2.75, 3.05) is 6.61 Å². The maximum Gasteiger partial charge on any atom is 0.315 e. The lowest BCUT2D eigenvalue weighted by Crippen LogP contribution is -2.34. The highest BCUT2D eigenvalue weighted by atomic mass is 16.5. The van der Waals surface area contributed by atoms with Gasteiger partial charge in [0, 0.05) is 38.6 Å². The molecule has 152 valence electrons. The summed E-state index contributed by atoms with van der Waals surface area (Å²) < 4.78 is 7.59. The molecule has 0 fully saturated rings. The smallest absolute Gasteiger partial charge is 0.315 e. The minimum atomic E-state index is -0.188. The quantitative estimate of drug-likeness (QED) is 0.582. The molecule has 2 N–H and O–H groups in total. The van der Waals surface area contributed by atoms with Crippen molar-refractivity contribution in [1.82, 2.24) is 20.2 Å². The Morgan fingerprint density at radius 1 is 1.03 bits per heavy atom. The summed E-state index contributed by atoms with van der Waals surface area (Å²) >= 11 is 0. The molecule has 2 aromatic carbocycles. The van der Waals surface area contributed by atoms with E-state index in [2.05, 4.69) is 32.3 Å². The Morgan fingerprint density at radius 2 is 1.79 bits per heavy atom. The fourth-order valence-corrected chi connectivity index (χ4v) is 3.11. The molecule has 0 radical (unpaired) electrons. The van der Waals surface area contributed by atoms with E-state index >= 15 is 0 Å². The first kappa shape index (κ1) is 20.6. The van der Waals surface area contributed by atoms with Crippen molar-refractivity contribution in [2.45, 2.75) is 40.1 Å². The predicted octanol–water partition coefficient (Wildman–Crippen LogP) is 3.78. The second-order valence-electron chi connectivity index (χ2n) is 6.86. The lowest BCUT2D eigenvalue weighted by molar-refractivity contribution is 0.133. The first-order chi connectivity index (χ1) is 14.2. The number of aromatic nitrogens is 2. The van der Waals surface area contributed by atoms with Crippen molar-refractivity contribution in [3.63, 3.8) is 0 Å². The summed E-state index contributed by atoms with van der Waals surface area (Å²) in [7, 11) is 0. The van der Waals surface area contributed by atoms with Crippen molar-refractivity contribution < 1.29 is 9.53 Å². The molecule has 3 aromatic rings. The van der Waals surface area contributed by atoms with Gasteiger partial charge in [0.1, 0.15) is 5.82 Å². The van der Waals surface area contributed by atoms with Crippen LogP contribution < -0.4 is 10.6 Å². The number of hydrogen-bond acceptors (Lipinski definition) is 3. The van der Waals surface area contributed by atoms with E-state index in [-0.39, 0.29) is 6.03 Å². The molecule has 0 unspecified atom stereocenters. The monoisotopic (exact) mass is 392 g/mol. The largest absolute Gasteiger partial charge is 0.377 e. The van der Waals surface area contributed by atoms with Crippen LogP contribution in [0, 0.1) is 6.92 Å². The van der Waals surface area contributed by atoms with E-state index < -0.39 is 0 Å². The van der Waals surface area contributed by atoms with Gasteiger partial charge in [-0.2, -0.15) is 0 Å².